The second kappa shape index (κ2) is 9.53. The average Bonchev–Trinajstić information content (AvgIpc) is 3.22. The number of nitrogens with one attached hydrogen (secondary N) is 1. The lowest BCUT2D eigenvalue weighted by atomic mass is 10.1. The highest BCUT2D eigenvalue weighted by Crippen LogP contribution is 2.27. The molecular formula is C22H19N3O3S. The molecule has 1 aromatic heterocycles. The standard InChI is InChI=1S/C22H19N3O3S/c1-3-28-18-9-7-15(8-10-18)11-17(13-23)21(26)25-22-24-20(14-29-22)16-5-4-6-19(12-16)27-2/h4-12,14H,3H2,1-2H3,(H,24,25,26)/b17-11+. The summed E-state index contributed by atoms with van der Waals surface area (Å²) in [5.74, 6) is 0.958. The summed E-state index contributed by atoms with van der Waals surface area (Å²) in [6.07, 6.45) is 1.53. The Morgan fingerprint density at radius 1 is 1.24 bits per heavy atom. The number of aromatic nitrogens is 1. The summed E-state index contributed by atoms with van der Waals surface area (Å²) in [6, 6.07) is 16.6. The molecule has 0 saturated carbocycles. The highest BCUT2D eigenvalue weighted by molar-refractivity contribution is 7.14. The number of hydrogen-bond acceptors (Lipinski definition) is 6. The molecule has 0 atom stereocenters. The number of carbonyl (C=O) groups excluding carboxylic acids is 1. The van der Waals surface area contributed by atoms with E-state index in [9.17, 15) is 10.1 Å². The van der Waals surface area contributed by atoms with Crippen molar-refractivity contribution >= 4 is 28.5 Å². The molecule has 0 aliphatic heterocycles. The lowest BCUT2D eigenvalue weighted by Crippen LogP contribution is -2.13. The number of carbonyl (C=O) groups is 1. The Bertz CT molecular complexity index is 1070. The van der Waals surface area contributed by atoms with Gasteiger partial charge >= 0.3 is 0 Å². The number of amides is 1. The van der Waals surface area contributed by atoms with E-state index in [1.54, 1.807) is 31.4 Å². The van der Waals surface area contributed by atoms with E-state index in [0.717, 1.165) is 28.3 Å². The average molecular weight is 405 g/mol. The maximum atomic E-state index is 12.5. The number of anilines is 1. The molecule has 0 bridgehead atoms. The van der Waals surface area contributed by atoms with E-state index in [1.165, 1.54) is 17.4 Å². The molecule has 7 heteroatoms. The van der Waals surface area contributed by atoms with Gasteiger partial charge in [0.15, 0.2) is 5.13 Å². The smallest absolute Gasteiger partial charge is 0.268 e. The molecular weight excluding hydrogens is 386 g/mol. The third kappa shape index (κ3) is 5.21. The fourth-order valence-corrected chi connectivity index (χ4v) is 3.27. The van der Waals surface area contributed by atoms with Crippen molar-refractivity contribution in [2.45, 2.75) is 6.92 Å². The van der Waals surface area contributed by atoms with Crippen LogP contribution in [0.2, 0.25) is 0 Å². The molecule has 2 aromatic carbocycles. The van der Waals surface area contributed by atoms with Crippen LogP contribution in [-0.4, -0.2) is 24.6 Å². The van der Waals surface area contributed by atoms with E-state index in [0.29, 0.717) is 11.7 Å². The molecule has 29 heavy (non-hydrogen) atoms. The lowest BCUT2D eigenvalue weighted by Gasteiger charge is -2.03. The minimum Gasteiger partial charge on any atom is -0.497 e. The monoisotopic (exact) mass is 405 g/mol. The number of ether oxygens (including phenoxy) is 2. The van der Waals surface area contributed by atoms with Crippen LogP contribution >= 0.6 is 11.3 Å². The molecule has 3 rings (SSSR count). The molecule has 1 heterocycles. The van der Waals surface area contributed by atoms with Crippen LogP contribution in [0.15, 0.2) is 59.5 Å². The highest BCUT2D eigenvalue weighted by atomic mass is 32.1. The molecule has 146 valence electrons. The van der Waals surface area contributed by atoms with Gasteiger partial charge in [0.2, 0.25) is 0 Å². The third-order valence-electron chi connectivity index (χ3n) is 3.96. The maximum Gasteiger partial charge on any atom is 0.268 e. The Morgan fingerprint density at radius 2 is 2.03 bits per heavy atom. The van der Waals surface area contributed by atoms with Gasteiger partial charge in [-0.2, -0.15) is 5.26 Å². The van der Waals surface area contributed by atoms with E-state index in [4.69, 9.17) is 9.47 Å². The van der Waals surface area contributed by atoms with Gasteiger partial charge < -0.3 is 9.47 Å². The summed E-state index contributed by atoms with van der Waals surface area (Å²) < 4.78 is 10.6. The minimum absolute atomic E-state index is 0.00714. The topological polar surface area (TPSA) is 84.2 Å². The van der Waals surface area contributed by atoms with E-state index in [1.807, 2.05) is 42.6 Å². The summed E-state index contributed by atoms with van der Waals surface area (Å²) >= 11 is 1.29. The van der Waals surface area contributed by atoms with Crippen molar-refractivity contribution in [3.63, 3.8) is 0 Å². The van der Waals surface area contributed by atoms with Crippen molar-refractivity contribution in [1.29, 1.82) is 5.26 Å². The van der Waals surface area contributed by atoms with Gasteiger partial charge in [-0.25, -0.2) is 4.98 Å². The summed E-state index contributed by atoms with van der Waals surface area (Å²) in [4.78, 5) is 16.9. The fourth-order valence-electron chi connectivity index (χ4n) is 2.55. The zero-order valence-corrected chi connectivity index (χ0v) is 16.8. The number of nitrogens with zero attached hydrogens (tertiary/aromatic N) is 2. The molecule has 0 fully saturated rings. The van der Waals surface area contributed by atoms with Crippen LogP contribution in [0.5, 0.6) is 11.5 Å². The first-order valence-electron chi connectivity index (χ1n) is 8.89. The number of rotatable bonds is 7. The van der Waals surface area contributed by atoms with Crippen molar-refractivity contribution < 1.29 is 14.3 Å². The van der Waals surface area contributed by atoms with Crippen LogP contribution in [0, 0.1) is 11.3 Å². The number of nitriles is 1. The van der Waals surface area contributed by atoms with Gasteiger partial charge in [-0.1, -0.05) is 24.3 Å². The van der Waals surface area contributed by atoms with Crippen LogP contribution in [0.4, 0.5) is 5.13 Å². The largest absolute Gasteiger partial charge is 0.497 e. The van der Waals surface area contributed by atoms with E-state index in [2.05, 4.69) is 10.3 Å². The molecule has 0 radical (unpaired) electrons. The number of thiazole rings is 1. The molecule has 0 spiro atoms. The second-order valence-corrected chi connectivity index (χ2v) is 6.75. The predicted octanol–water partition coefficient (Wildman–Crippen LogP) is 4.76. The molecule has 0 aliphatic carbocycles. The Labute approximate surface area is 173 Å². The molecule has 0 unspecified atom stereocenters. The molecule has 0 saturated heterocycles. The second-order valence-electron chi connectivity index (χ2n) is 5.90. The van der Waals surface area contributed by atoms with Gasteiger partial charge in [0.25, 0.3) is 5.91 Å². The van der Waals surface area contributed by atoms with Gasteiger partial charge in [0, 0.05) is 10.9 Å². The Balaban J connectivity index is 1.73. The predicted molar refractivity (Wildman–Crippen MR) is 114 cm³/mol. The van der Waals surface area contributed by atoms with Gasteiger partial charge in [-0.05, 0) is 42.8 Å². The normalized spacial score (nSPS) is 10.9. The van der Waals surface area contributed by atoms with Crippen LogP contribution in [0.25, 0.3) is 17.3 Å². The van der Waals surface area contributed by atoms with Gasteiger partial charge in [0.1, 0.15) is 23.1 Å². The van der Waals surface area contributed by atoms with Crippen molar-refractivity contribution in [1.82, 2.24) is 4.98 Å². The SMILES string of the molecule is CCOc1ccc(/C=C(\C#N)C(=O)Nc2nc(-c3cccc(OC)c3)cs2)cc1. The molecule has 1 amide bonds. The first-order chi connectivity index (χ1) is 14.1. The van der Waals surface area contributed by atoms with Crippen LogP contribution in [0.1, 0.15) is 12.5 Å². The van der Waals surface area contributed by atoms with Gasteiger partial charge in [-0.3, -0.25) is 10.1 Å². The maximum absolute atomic E-state index is 12.5. The number of hydrogen-bond donors (Lipinski definition) is 1. The highest BCUT2D eigenvalue weighted by Gasteiger charge is 2.13. The van der Waals surface area contributed by atoms with E-state index >= 15 is 0 Å². The summed E-state index contributed by atoms with van der Waals surface area (Å²) in [5.41, 5.74) is 2.33. The van der Waals surface area contributed by atoms with Crippen LogP contribution in [-0.2, 0) is 4.79 Å². The fraction of sp³-hybridized carbons (Fsp3) is 0.136. The molecule has 0 aliphatic rings. The first-order valence-corrected chi connectivity index (χ1v) is 9.77. The Kier molecular flexibility index (Phi) is 6.61. The van der Waals surface area contributed by atoms with Crippen LogP contribution < -0.4 is 14.8 Å². The van der Waals surface area contributed by atoms with Crippen molar-refractivity contribution in [2.75, 3.05) is 19.0 Å². The molecule has 3 aromatic rings. The summed E-state index contributed by atoms with van der Waals surface area (Å²) in [5, 5.41) is 14.3. The zero-order chi connectivity index (χ0) is 20.6. The van der Waals surface area contributed by atoms with Crippen LogP contribution in [0.3, 0.4) is 0 Å². The van der Waals surface area contributed by atoms with E-state index < -0.39 is 5.91 Å². The van der Waals surface area contributed by atoms with Gasteiger partial charge in [0.05, 0.1) is 19.4 Å². The molecule has 6 nitrogen and oxygen atoms in total. The van der Waals surface area contributed by atoms with Crippen molar-refractivity contribution in [3.8, 4) is 28.8 Å². The first kappa shape index (κ1) is 20.1. The van der Waals surface area contributed by atoms with Gasteiger partial charge in [-0.15, -0.1) is 11.3 Å². The Morgan fingerprint density at radius 3 is 2.72 bits per heavy atom. The summed E-state index contributed by atoms with van der Waals surface area (Å²) in [7, 11) is 1.60. The lowest BCUT2D eigenvalue weighted by molar-refractivity contribution is -0.112. The zero-order valence-electron chi connectivity index (χ0n) is 16.0. The number of methoxy groups -OCH3 is 1. The quantitative estimate of drug-likeness (QED) is 0.452. The minimum atomic E-state index is -0.507. The van der Waals surface area contributed by atoms with E-state index in [-0.39, 0.29) is 5.57 Å². The third-order valence-corrected chi connectivity index (χ3v) is 4.72. The van der Waals surface area contributed by atoms with Crippen molar-refractivity contribution in [2.24, 2.45) is 0 Å². The number of benzene rings is 2. The molecule has 1 N–H and O–H groups in total. The van der Waals surface area contributed by atoms with Crippen molar-refractivity contribution in [3.05, 3.63) is 65.0 Å². The summed E-state index contributed by atoms with van der Waals surface area (Å²) in [6.45, 7) is 2.48. The Hall–Kier alpha value is -3.63.